The molecular formula is C26H24N4. The molecule has 148 valence electrons. The van der Waals surface area contributed by atoms with Crippen LogP contribution in [0.5, 0.6) is 0 Å². The molecule has 0 amide bonds. The number of imidazole rings is 1. The molecule has 4 aromatic rings. The molecule has 0 unspecified atom stereocenters. The van der Waals surface area contributed by atoms with Gasteiger partial charge in [-0.2, -0.15) is 0 Å². The van der Waals surface area contributed by atoms with Gasteiger partial charge in [0.05, 0.1) is 6.67 Å². The summed E-state index contributed by atoms with van der Waals surface area (Å²) in [7, 11) is 2.09. The highest BCUT2D eigenvalue weighted by atomic mass is 15.3. The van der Waals surface area contributed by atoms with Crippen molar-refractivity contribution in [2.75, 3.05) is 18.6 Å². The number of benzene rings is 3. The maximum absolute atomic E-state index is 4.63. The first kappa shape index (κ1) is 18.3. The SMILES string of the molecule is CN1C=CN(c2cccc(Cc3cccc(-c4nccn4-c4ccccc4)c3)c2)C1. The summed E-state index contributed by atoms with van der Waals surface area (Å²) in [5, 5.41) is 0. The first-order valence-electron chi connectivity index (χ1n) is 10.2. The predicted octanol–water partition coefficient (Wildman–Crippen LogP) is 5.31. The van der Waals surface area contributed by atoms with E-state index in [1.807, 2.05) is 18.5 Å². The van der Waals surface area contributed by atoms with Gasteiger partial charge in [-0.3, -0.25) is 4.57 Å². The molecule has 4 nitrogen and oxygen atoms in total. The second-order valence-electron chi connectivity index (χ2n) is 7.67. The maximum atomic E-state index is 4.63. The van der Waals surface area contributed by atoms with Gasteiger partial charge in [0.1, 0.15) is 5.82 Å². The number of hydrogen-bond acceptors (Lipinski definition) is 3. The molecule has 0 saturated carbocycles. The standard InChI is InChI=1S/C26H24N4/c1-28-15-16-29(20-28)25-12-6-8-22(19-25)17-21-7-5-9-23(18-21)26-27-13-14-30(26)24-10-3-2-4-11-24/h2-16,18-19H,17,20H2,1H3. The van der Waals surface area contributed by atoms with Crippen LogP contribution in [0.2, 0.25) is 0 Å². The Labute approximate surface area is 177 Å². The molecule has 5 rings (SSSR count). The van der Waals surface area contributed by atoms with Crippen LogP contribution in [-0.2, 0) is 6.42 Å². The molecule has 1 aromatic heterocycles. The highest BCUT2D eigenvalue weighted by Crippen LogP contribution is 2.25. The largest absolute Gasteiger partial charge is 0.361 e. The molecule has 1 aliphatic heterocycles. The van der Waals surface area contributed by atoms with Crippen molar-refractivity contribution in [3.63, 3.8) is 0 Å². The van der Waals surface area contributed by atoms with E-state index in [0.29, 0.717) is 0 Å². The van der Waals surface area contributed by atoms with Gasteiger partial charge in [0.2, 0.25) is 0 Å². The molecule has 0 radical (unpaired) electrons. The Hall–Kier alpha value is -3.79. The molecule has 3 aromatic carbocycles. The third kappa shape index (κ3) is 3.72. The van der Waals surface area contributed by atoms with Crippen LogP contribution >= 0.6 is 0 Å². The number of anilines is 1. The van der Waals surface area contributed by atoms with Crippen molar-refractivity contribution >= 4 is 5.69 Å². The van der Waals surface area contributed by atoms with Gasteiger partial charge in [-0.15, -0.1) is 0 Å². The molecule has 30 heavy (non-hydrogen) atoms. The molecular weight excluding hydrogens is 368 g/mol. The van der Waals surface area contributed by atoms with E-state index < -0.39 is 0 Å². The summed E-state index contributed by atoms with van der Waals surface area (Å²) in [5.41, 5.74) is 6.05. The summed E-state index contributed by atoms with van der Waals surface area (Å²) in [4.78, 5) is 9.06. The van der Waals surface area contributed by atoms with E-state index in [2.05, 4.69) is 112 Å². The highest BCUT2D eigenvalue weighted by molar-refractivity contribution is 5.60. The molecule has 0 N–H and O–H groups in total. The van der Waals surface area contributed by atoms with Crippen LogP contribution in [0.3, 0.4) is 0 Å². The van der Waals surface area contributed by atoms with E-state index in [-0.39, 0.29) is 0 Å². The highest BCUT2D eigenvalue weighted by Gasteiger charge is 2.12. The van der Waals surface area contributed by atoms with E-state index >= 15 is 0 Å². The summed E-state index contributed by atoms with van der Waals surface area (Å²) in [6.07, 6.45) is 9.00. The molecule has 0 atom stereocenters. The molecule has 2 heterocycles. The molecule has 0 aliphatic carbocycles. The van der Waals surface area contributed by atoms with E-state index in [0.717, 1.165) is 30.2 Å². The monoisotopic (exact) mass is 392 g/mol. The molecule has 4 heteroatoms. The molecule has 1 aliphatic rings. The van der Waals surface area contributed by atoms with Gasteiger partial charge in [-0.1, -0.05) is 48.5 Å². The third-order valence-electron chi connectivity index (χ3n) is 5.39. The van der Waals surface area contributed by atoms with E-state index in [1.165, 1.54) is 16.8 Å². The fraction of sp³-hybridized carbons (Fsp3) is 0.115. The first-order valence-corrected chi connectivity index (χ1v) is 10.2. The minimum Gasteiger partial charge on any atom is -0.361 e. The second-order valence-corrected chi connectivity index (χ2v) is 7.67. The Morgan fingerprint density at radius 2 is 1.57 bits per heavy atom. The summed E-state index contributed by atoms with van der Waals surface area (Å²) >= 11 is 0. The fourth-order valence-electron chi connectivity index (χ4n) is 3.91. The smallest absolute Gasteiger partial charge is 0.144 e. The predicted molar refractivity (Wildman–Crippen MR) is 122 cm³/mol. The molecule has 0 bridgehead atoms. The Bertz CT molecular complexity index is 1180. The van der Waals surface area contributed by atoms with Gasteiger partial charge >= 0.3 is 0 Å². The van der Waals surface area contributed by atoms with Crippen LogP contribution in [0.4, 0.5) is 5.69 Å². The quantitative estimate of drug-likeness (QED) is 0.460. The van der Waals surface area contributed by atoms with Crippen LogP contribution in [-0.4, -0.2) is 28.2 Å². The topological polar surface area (TPSA) is 24.3 Å². The molecule has 0 saturated heterocycles. The van der Waals surface area contributed by atoms with Crippen LogP contribution in [0.15, 0.2) is 104 Å². The Morgan fingerprint density at radius 1 is 0.800 bits per heavy atom. The van der Waals surface area contributed by atoms with Crippen molar-refractivity contribution in [2.45, 2.75) is 6.42 Å². The van der Waals surface area contributed by atoms with Crippen molar-refractivity contribution < 1.29 is 0 Å². The zero-order valence-electron chi connectivity index (χ0n) is 17.0. The number of nitrogens with zero attached hydrogens (tertiary/aromatic N) is 4. The van der Waals surface area contributed by atoms with E-state index in [4.69, 9.17) is 0 Å². The van der Waals surface area contributed by atoms with Crippen molar-refractivity contribution in [3.05, 3.63) is 115 Å². The van der Waals surface area contributed by atoms with E-state index in [1.54, 1.807) is 0 Å². The average molecular weight is 393 g/mol. The van der Waals surface area contributed by atoms with E-state index in [9.17, 15) is 0 Å². The lowest BCUT2D eigenvalue weighted by molar-refractivity contribution is 0.495. The van der Waals surface area contributed by atoms with Crippen LogP contribution in [0.1, 0.15) is 11.1 Å². The van der Waals surface area contributed by atoms with Gasteiger partial charge in [0, 0.05) is 48.8 Å². The Balaban J connectivity index is 1.41. The summed E-state index contributed by atoms with van der Waals surface area (Å²) < 4.78 is 2.13. The van der Waals surface area contributed by atoms with Crippen LogP contribution in [0.25, 0.3) is 17.1 Å². The van der Waals surface area contributed by atoms with Gasteiger partial charge < -0.3 is 9.80 Å². The average Bonchev–Trinajstić information content (AvgIpc) is 3.44. The van der Waals surface area contributed by atoms with Gasteiger partial charge in [0.25, 0.3) is 0 Å². The van der Waals surface area contributed by atoms with Crippen molar-refractivity contribution in [3.8, 4) is 17.1 Å². The van der Waals surface area contributed by atoms with Crippen LogP contribution in [0, 0.1) is 0 Å². The lowest BCUT2D eigenvalue weighted by Crippen LogP contribution is -2.21. The third-order valence-corrected chi connectivity index (χ3v) is 5.39. The van der Waals surface area contributed by atoms with Gasteiger partial charge in [-0.05, 0) is 47.9 Å². The van der Waals surface area contributed by atoms with Crippen molar-refractivity contribution in [1.29, 1.82) is 0 Å². The summed E-state index contributed by atoms with van der Waals surface area (Å²) in [5.74, 6) is 0.960. The minimum absolute atomic E-state index is 0.890. The fourth-order valence-corrected chi connectivity index (χ4v) is 3.91. The zero-order valence-corrected chi connectivity index (χ0v) is 17.0. The number of para-hydroxylation sites is 1. The van der Waals surface area contributed by atoms with Crippen molar-refractivity contribution in [1.82, 2.24) is 14.5 Å². The molecule has 0 fully saturated rings. The second kappa shape index (κ2) is 7.91. The normalized spacial score (nSPS) is 13.2. The minimum atomic E-state index is 0.890. The lowest BCUT2D eigenvalue weighted by atomic mass is 10.0. The van der Waals surface area contributed by atoms with Crippen LogP contribution < -0.4 is 4.90 Å². The number of rotatable bonds is 5. The zero-order chi connectivity index (χ0) is 20.3. The Morgan fingerprint density at radius 3 is 2.37 bits per heavy atom. The van der Waals surface area contributed by atoms with Crippen molar-refractivity contribution in [2.24, 2.45) is 0 Å². The molecule has 0 spiro atoms. The summed E-state index contributed by atoms with van der Waals surface area (Å²) in [6.45, 7) is 0.890. The first-order chi connectivity index (χ1) is 14.8. The van der Waals surface area contributed by atoms with Gasteiger partial charge in [-0.25, -0.2) is 4.98 Å². The maximum Gasteiger partial charge on any atom is 0.144 e. The summed E-state index contributed by atoms with van der Waals surface area (Å²) in [6, 6.07) is 27.8. The van der Waals surface area contributed by atoms with Gasteiger partial charge in [0.15, 0.2) is 0 Å². The number of aromatic nitrogens is 2. The Kier molecular flexibility index (Phi) is 4.81. The number of hydrogen-bond donors (Lipinski definition) is 0. The lowest BCUT2D eigenvalue weighted by Gasteiger charge is -2.19.